The van der Waals surface area contributed by atoms with Crippen molar-refractivity contribution in [3.05, 3.63) is 46.0 Å². The van der Waals surface area contributed by atoms with Gasteiger partial charge in [-0.25, -0.2) is 0 Å². The molecule has 0 atom stereocenters. The second-order valence-electron chi connectivity index (χ2n) is 20.7. The molecule has 2 heterocycles. The van der Waals surface area contributed by atoms with Gasteiger partial charge in [0.1, 0.15) is 0 Å². The molecule has 5 aromatic rings. The molecule has 0 unspecified atom stereocenters. The van der Waals surface area contributed by atoms with Crippen LogP contribution in [0.25, 0.3) is 44.3 Å². The Morgan fingerprint density at radius 2 is 0.733 bits per heavy atom. The average molecular weight is 1040 g/mol. The molecule has 10 heteroatoms. The van der Waals surface area contributed by atoms with Gasteiger partial charge in [0.15, 0.2) is 0 Å². The number of halogens is 2. The second kappa shape index (κ2) is 18.6. The summed E-state index contributed by atoms with van der Waals surface area (Å²) in [6.07, 6.45) is 19.9. The zero-order chi connectivity index (χ0) is 43.0. The number of unbranched alkanes of at least 4 members (excludes halogenated alkanes) is 12. The van der Waals surface area contributed by atoms with E-state index in [2.05, 4.69) is 90.1 Å². The van der Waals surface area contributed by atoms with E-state index < -0.39 is 47.6 Å². The molecular weight excluding hydrogens is 964 g/mol. The molecule has 0 spiro atoms. The third-order valence-corrected chi connectivity index (χ3v) is 25.8. The van der Waals surface area contributed by atoms with E-state index in [4.69, 9.17) is 9.26 Å². The molecular formula is C50H72F2N4O2Sn2. The number of benzene rings is 3. The third-order valence-electron chi connectivity index (χ3n) is 14.4. The Morgan fingerprint density at radius 1 is 0.433 bits per heavy atom. The molecule has 7 rings (SSSR count). The Bertz CT molecular complexity index is 2130. The predicted molar refractivity (Wildman–Crippen MR) is 251 cm³/mol. The van der Waals surface area contributed by atoms with Crippen LogP contribution in [-0.4, -0.2) is 57.4 Å². The van der Waals surface area contributed by atoms with Gasteiger partial charge in [0, 0.05) is 0 Å². The fourth-order valence-corrected chi connectivity index (χ4v) is 19.6. The van der Waals surface area contributed by atoms with E-state index in [1.807, 2.05) is 0 Å². The van der Waals surface area contributed by atoms with Gasteiger partial charge in [-0.2, -0.15) is 0 Å². The molecule has 0 radical (unpaired) electrons. The predicted octanol–water partition coefficient (Wildman–Crippen LogP) is 14.5. The van der Waals surface area contributed by atoms with Crippen LogP contribution in [0, 0.1) is 11.6 Å². The van der Waals surface area contributed by atoms with E-state index in [9.17, 15) is 0 Å². The summed E-state index contributed by atoms with van der Waals surface area (Å²) in [4.78, 5) is 14.3. The first-order chi connectivity index (χ1) is 28.7. The summed E-state index contributed by atoms with van der Waals surface area (Å²) in [5.74, 6) is -0.536. The van der Waals surface area contributed by atoms with E-state index in [1.165, 1.54) is 7.16 Å². The molecule has 0 fully saturated rings. The first-order valence-corrected chi connectivity index (χ1v) is 43.9. The SMILES string of the molecule is CCCCCCC1(CCCCCC)c2c[c]([Sn]([CH3])([CH3])[CH3])c3nonc3c2-c2c(F)c3c(c(F)c21)-c1c(c[c]([Sn]([CH3])([CH3])[CH3])c2nonc12)C3(CCCCCC)CCCCCC. The Labute approximate surface area is 366 Å². The monoisotopic (exact) mass is 1040 g/mol. The van der Waals surface area contributed by atoms with E-state index >= 15 is 8.78 Å². The summed E-state index contributed by atoms with van der Waals surface area (Å²) >= 11 is -5.83. The van der Waals surface area contributed by atoms with Gasteiger partial charge in [0.25, 0.3) is 0 Å². The molecule has 6 nitrogen and oxygen atoms in total. The van der Waals surface area contributed by atoms with Crippen LogP contribution in [0.5, 0.6) is 0 Å². The molecule has 0 aliphatic heterocycles. The van der Waals surface area contributed by atoms with E-state index in [-0.39, 0.29) is 11.6 Å². The van der Waals surface area contributed by atoms with Gasteiger partial charge in [-0.3, -0.25) is 0 Å². The Balaban J connectivity index is 1.64. The molecule has 0 saturated heterocycles. The van der Waals surface area contributed by atoms with Gasteiger partial charge in [-0.1, -0.05) is 0 Å². The Kier molecular flexibility index (Phi) is 14.2. The first-order valence-electron chi connectivity index (χ1n) is 23.9. The summed E-state index contributed by atoms with van der Waals surface area (Å²) in [6, 6.07) is 4.70. The molecule has 326 valence electrons. The molecule has 2 aliphatic rings. The van der Waals surface area contributed by atoms with Crippen LogP contribution in [0.1, 0.15) is 178 Å². The fourth-order valence-electron chi connectivity index (χ4n) is 11.3. The molecule has 0 amide bonds. The van der Waals surface area contributed by atoms with E-state index in [1.54, 1.807) is 0 Å². The van der Waals surface area contributed by atoms with Crippen molar-refractivity contribution >= 4 is 66.0 Å². The van der Waals surface area contributed by atoms with E-state index in [0.29, 0.717) is 33.3 Å². The van der Waals surface area contributed by atoms with Crippen LogP contribution in [0.4, 0.5) is 8.78 Å². The van der Waals surface area contributed by atoms with Crippen molar-refractivity contribution in [2.45, 2.75) is 197 Å². The summed E-state index contributed by atoms with van der Waals surface area (Å²) in [5.41, 5.74) is 6.74. The van der Waals surface area contributed by atoms with Crippen LogP contribution in [-0.2, 0) is 10.8 Å². The molecule has 0 N–H and O–H groups in total. The van der Waals surface area contributed by atoms with Crippen LogP contribution in [0.2, 0.25) is 29.6 Å². The van der Waals surface area contributed by atoms with Crippen LogP contribution < -0.4 is 7.16 Å². The zero-order valence-electron chi connectivity index (χ0n) is 38.7. The zero-order valence-corrected chi connectivity index (χ0v) is 44.4. The summed E-state index contributed by atoms with van der Waals surface area (Å²) in [6.45, 7) is 8.94. The van der Waals surface area contributed by atoms with Gasteiger partial charge >= 0.3 is 369 Å². The fraction of sp³-hybridized carbons (Fsp3) is 0.640. The topological polar surface area (TPSA) is 77.8 Å². The van der Waals surface area contributed by atoms with Crippen LogP contribution >= 0.6 is 0 Å². The quantitative estimate of drug-likeness (QED) is 0.0508. The van der Waals surface area contributed by atoms with Gasteiger partial charge in [-0.15, -0.1) is 0 Å². The number of rotatable bonds is 22. The Hall–Kier alpha value is -2.08. The average Bonchev–Trinajstić information content (AvgIpc) is 3.99. The second-order valence-corrected chi connectivity index (χ2v) is 49.4. The minimum absolute atomic E-state index is 0.268. The van der Waals surface area contributed by atoms with Crippen LogP contribution in [0.3, 0.4) is 0 Å². The number of hydrogen-bond donors (Lipinski definition) is 0. The van der Waals surface area contributed by atoms with Crippen molar-refractivity contribution in [2.75, 3.05) is 0 Å². The van der Waals surface area contributed by atoms with Crippen molar-refractivity contribution in [1.82, 2.24) is 20.6 Å². The summed E-state index contributed by atoms with van der Waals surface area (Å²) < 4.78 is 52.3. The molecule has 2 aromatic heterocycles. The van der Waals surface area contributed by atoms with Gasteiger partial charge in [0.05, 0.1) is 0 Å². The third kappa shape index (κ3) is 7.92. The maximum absolute atomic E-state index is 19.3. The van der Waals surface area contributed by atoms with Crippen molar-refractivity contribution in [3.8, 4) is 22.3 Å². The molecule has 60 heavy (non-hydrogen) atoms. The number of nitrogens with zero attached hydrogens (tertiary/aromatic N) is 4. The Morgan fingerprint density at radius 3 is 1.02 bits per heavy atom. The normalized spacial score (nSPS) is 15.3. The number of aromatic nitrogens is 4. The van der Waals surface area contributed by atoms with Crippen molar-refractivity contribution in [1.29, 1.82) is 0 Å². The maximum atomic E-state index is 19.3. The van der Waals surface area contributed by atoms with Gasteiger partial charge < -0.3 is 0 Å². The summed E-state index contributed by atoms with van der Waals surface area (Å²) in [5, 5.41) is 18.4. The molecule has 3 aromatic carbocycles. The first kappa shape index (κ1) is 45.9. The number of hydrogen-bond acceptors (Lipinski definition) is 6. The standard InChI is InChI=1S/C44H54F2N4O2.6CH3.2Sn/c1-5-9-13-17-25-43(26-18-14-10-6-2)29-21-23-31-41(49-51-47-31)33(29)35-37(43)39(45)36-34-30(22-24-32-42(34)50-52-48-32)44(38(36)40(35)46,27-19-15-11-7-3)28-20-16-12-8-4;;;;;;;;/h21-22H,5-20,25-28H2,1-4H3;6*1H3;;. The van der Waals surface area contributed by atoms with Crippen molar-refractivity contribution in [2.24, 2.45) is 0 Å². The molecule has 2 aliphatic carbocycles. The van der Waals surface area contributed by atoms with Gasteiger partial charge in [0.2, 0.25) is 0 Å². The minimum atomic E-state index is -2.92. The van der Waals surface area contributed by atoms with Crippen molar-refractivity contribution < 1.29 is 18.0 Å². The summed E-state index contributed by atoms with van der Waals surface area (Å²) in [7, 11) is 0. The van der Waals surface area contributed by atoms with E-state index in [0.717, 1.165) is 162 Å². The van der Waals surface area contributed by atoms with Crippen LogP contribution in [0.15, 0.2) is 21.4 Å². The van der Waals surface area contributed by atoms with Gasteiger partial charge in [-0.05, 0) is 0 Å². The number of fused-ring (bicyclic) bond motifs is 10. The molecule has 0 saturated carbocycles. The van der Waals surface area contributed by atoms with Crippen molar-refractivity contribution in [3.63, 3.8) is 0 Å². The molecule has 0 bridgehead atoms.